The van der Waals surface area contributed by atoms with Crippen molar-refractivity contribution in [1.29, 1.82) is 0 Å². The zero-order valence-electron chi connectivity index (χ0n) is 10.7. The average molecular weight is 332 g/mol. The van der Waals surface area contributed by atoms with Gasteiger partial charge in [-0.3, -0.25) is 10.1 Å². The molecular weight excluding hydrogens is 314 g/mol. The molecule has 0 saturated heterocycles. The van der Waals surface area contributed by atoms with Crippen molar-refractivity contribution in [2.24, 2.45) is 0 Å². The van der Waals surface area contributed by atoms with Gasteiger partial charge in [-0.25, -0.2) is 0 Å². The number of esters is 1. The third kappa shape index (κ3) is 3.13. The van der Waals surface area contributed by atoms with Gasteiger partial charge in [0.05, 0.1) is 10.4 Å². The van der Waals surface area contributed by atoms with Crippen LogP contribution in [0.3, 0.4) is 0 Å². The number of carbonyl (C=O) groups is 1. The highest BCUT2D eigenvalue weighted by Gasteiger charge is 2.26. The molecule has 1 aromatic rings. The Morgan fingerprint density at radius 3 is 3.22 bits per heavy atom. The van der Waals surface area contributed by atoms with Crippen molar-refractivity contribution in [3.63, 3.8) is 0 Å². The van der Waals surface area contributed by atoms with E-state index in [0.717, 1.165) is 12.8 Å². The van der Waals surface area contributed by atoms with Crippen LogP contribution in [0.4, 0.5) is 0 Å². The highest BCUT2D eigenvalue weighted by molar-refractivity contribution is 9.11. The molecule has 0 bridgehead atoms. The molecule has 3 nitrogen and oxygen atoms in total. The van der Waals surface area contributed by atoms with E-state index in [0.29, 0.717) is 6.61 Å². The van der Waals surface area contributed by atoms with E-state index in [1.54, 1.807) is 11.3 Å². The molecule has 1 aliphatic rings. The van der Waals surface area contributed by atoms with Gasteiger partial charge in [-0.2, -0.15) is 0 Å². The topological polar surface area (TPSA) is 38.3 Å². The van der Waals surface area contributed by atoms with Crippen LogP contribution in [0, 0.1) is 0 Å². The fraction of sp³-hybridized carbons (Fsp3) is 0.615. The van der Waals surface area contributed by atoms with E-state index in [1.807, 2.05) is 13.8 Å². The van der Waals surface area contributed by atoms with Crippen molar-refractivity contribution in [2.75, 3.05) is 6.61 Å². The molecule has 0 radical (unpaired) electrons. The number of hydrogen-bond acceptors (Lipinski definition) is 4. The van der Waals surface area contributed by atoms with Crippen LogP contribution < -0.4 is 5.32 Å². The average Bonchev–Trinajstić information content (AvgIpc) is 2.71. The van der Waals surface area contributed by atoms with Crippen LogP contribution in [0.15, 0.2) is 9.85 Å². The maximum atomic E-state index is 11.6. The monoisotopic (exact) mass is 331 g/mol. The maximum Gasteiger partial charge on any atom is 0.322 e. The predicted molar refractivity (Wildman–Crippen MR) is 76.9 cm³/mol. The number of halogens is 1. The molecule has 2 unspecified atom stereocenters. The van der Waals surface area contributed by atoms with Gasteiger partial charge in [-0.05, 0) is 60.7 Å². The molecule has 100 valence electrons. The lowest BCUT2D eigenvalue weighted by Crippen LogP contribution is -2.38. The van der Waals surface area contributed by atoms with E-state index in [1.165, 1.54) is 20.6 Å². The van der Waals surface area contributed by atoms with Gasteiger partial charge in [0.25, 0.3) is 0 Å². The van der Waals surface area contributed by atoms with Crippen molar-refractivity contribution in [3.8, 4) is 0 Å². The second-order valence-electron chi connectivity index (χ2n) is 4.51. The summed E-state index contributed by atoms with van der Waals surface area (Å²) in [4.78, 5) is 13.1. The second kappa shape index (κ2) is 6.17. The smallest absolute Gasteiger partial charge is 0.322 e. The number of aryl methyl sites for hydroxylation is 1. The summed E-state index contributed by atoms with van der Waals surface area (Å²) in [6, 6.07) is 2.20. The Morgan fingerprint density at radius 1 is 1.72 bits per heavy atom. The Labute approximate surface area is 120 Å². The Hall–Kier alpha value is -0.390. The standard InChI is InChI=1S/C13H18BrNO2S/c1-3-17-13(16)8(2)15-10-5-4-6-11-9(10)7-12(14)18-11/h7-8,10,15H,3-6H2,1-2H3. The summed E-state index contributed by atoms with van der Waals surface area (Å²) in [7, 11) is 0. The van der Waals surface area contributed by atoms with E-state index in [4.69, 9.17) is 4.74 Å². The van der Waals surface area contributed by atoms with Crippen LogP contribution in [-0.2, 0) is 16.0 Å². The maximum absolute atomic E-state index is 11.6. The predicted octanol–water partition coefficient (Wildman–Crippen LogP) is 3.43. The van der Waals surface area contributed by atoms with Gasteiger partial charge in [0, 0.05) is 10.9 Å². The molecule has 5 heteroatoms. The molecular formula is C13H18BrNO2S. The quantitative estimate of drug-likeness (QED) is 0.859. The van der Waals surface area contributed by atoms with E-state index < -0.39 is 0 Å². The third-order valence-electron chi connectivity index (χ3n) is 3.18. The van der Waals surface area contributed by atoms with Gasteiger partial charge < -0.3 is 4.74 Å². The van der Waals surface area contributed by atoms with E-state index in [-0.39, 0.29) is 18.1 Å². The molecule has 0 aliphatic heterocycles. The molecule has 2 rings (SSSR count). The largest absolute Gasteiger partial charge is 0.465 e. The number of carbonyl (C=O) groups excluding carboxylic acids is 1. The molecule has 2 atom stereocenters. The SMILES string of the molecule is CCOC(=O)C(C)NC1CCCc2sc(Br)cc21. The summed E-state index contributed by atoms with van der Waals surface area (Å²) in [5.74, 6) is -0.168. The number of fused-ring (bicyclic) bond motifs is 1. The zero-order valence-corrected chi connectivity index (χ0v) is 13.1. The van der Waals surface area contributed by atoms with Crippen LogP contribution in [0.5, 0.6) is 0 Å². The Morgan fingerprint density at radius 2 is 2.50 bits per heavy atom. The molecule has 0 aromatic carbocycles. The molecule has 0 spiro atoms. The second-order valence-corrected chi connectivity index (χ2v) is 7.03. The van der Waals surface area contributed by atoms with Gasteiger partial charge in [-0.15, -0.1) is 11.3 Å². The first-order valence-corrected chi connectivity index (χ1v) is 7.93. The Balaban J connectivity index is 2.04. The molecule has 18 heavy (non-hydrogen) atoms. The van der Waals surface area contributed by atoms with E-state index in [2.05, 4.69) is 27.3 Å². The van der Waals surface area contributed by atoms with Crippen LogP contribution in [0.1, 0.15) is 43.2 Å². The molecule has 0 saturated carbocycles. The number of nitrogens with one attached hydrogen (secondary N) is 1. The minimum absolute atomic E-state index is 0.168. The van der Waals surface area contributed by atoms with E-state index >= 15 is 0 Å². The molecule has 1 aliphatic carbocycles. The van der Waals surface area contributed by atoms with Crippen LogP contribution >= 0.6 is 27.3 Å². The highest BCUT2D eigenvalue weighted by atomic mass is 79.9. The minimum atomic E-state index is -0.250. The zero-order chi connectivity index (χ0) is 13.1. The summed E-state index contributed by atoms with van der Waals surface area (Å²) in [6.07, 6.45) is 3.41. The van der Waals surface area contributed by atoms with Gasteiger partial charge in [0.1, 0.15) is 6.04 Å². The molecule has 0 amide bonds. The summed E-state index contributed by atoms with van der Waals surface area (Å²) in [6.45, 7) is 4.14. The highest BCUT2D eigenvalue weighted by Crippen LogP contribution is 2.38. The fourth-order valence-corrected chi connectivity index (χ4v) is 4.15. The van der Waals surface area contributed by atoms with Gasteiger partial charge in [0.2, 0.25) is 0 Å². The Bertz CT molecular complexity index is 433. The van der Waals surface area contributed by atoms with Crippen LogP contribution in [0.25, 0.3) is 0 Å². The first kappa shape index (κ1) is 14.0. The first-order valence-electron chi connectivity index (χ1n) is 6.32. The number of thiophene rings is 1. The lowest BCUT2D eigenvalue weighted by Gasteiger charge is -2.26. The number of ether oxygens (including phenoxy) is 1. The van der Waals surface area contributed by atoms with Crippen LogP contribution in [-0.4, -0.2) is 18.6 Å². The normalized spacial score (nSPS) is 20.3. The molecule has 1 heterocycles. The van der Waals surface area contributed by atoms with E-state index in [9.17, 15) is 4.79 Å². The van der Waals surface area contributed by atoms with Crippen molar-refractivity contribution in [1.82, 2.24) is 5.32 Å². The third-order valence-corrected chi connectivity index (χ3v) is 4.89. The van der Waals surface area contributed by atoms with Crippen molar-refractivity contribution in [2.45, 2.75) is 45.2 Å². The van der Waals surface area contributed by atoms with Crippen molar-refractivity contribution < 1.29 is 9.53 Å². The van der Waals surface area contributed by atoms with Crippen LogP contribution in [0.2, 0.25) is 0 Å². The van der Waals surface area contributed by atoms with Crippen molar-refractivity contribution >= 4 is 33.2 Å². The fourth-order valence-electron chi connectivity index (χ4n) is 2.33. The molecule has 0 fully saturated rings. The number of rotatable bonds is 4. The summed E-state index contributed by atoms with van der Waals surface area (Å²) in [5, 5.41) is 3.38. The van der Waals surface area contributed by atoms with Gasteiger partial charge >= 0.3 is 5.97 Å². The summed E-state index contributed by atoms with van der Waals surface area (Å²) >= 11 is 5.34. The summed E-state index contributed by atoms with van der Waals surface area (Å²) < 4.78 is 6.20. The summed E-state index contributed by atoms with van der Waals surface area (Å²) in [5.41, 5.74) is 1.34. The van der Waals surface area contributed by atoms with Gasteiger partial charge in [0.15, 0.2) is 0 Å². The van der Waals surface area contributed by atoms with Crippen molar-refractivity contribution in [3.05, 3.63) is 20.3 Å². The van der Waals surface area contributed by atoms with Gasteiger partial charge in [-0.1, -0.05) is 0 Å². The minimum Gasteiger partial charge on any atom is -0.465 e. The molecule has 1 N–H and O–H groups in total. The lowest BCUT2D eigenvalue weighted by molar-refractivity contribution is -0.145. The Kier molecular flexibility index (Phi) is 4.81. The first-order chi connectivity index (χ1) is 8.61. The number of hydrogen-bond donors (Lipinski definition) is 1. The molecule has 1 aromatic heterocycles. The lowest BCUT2D eigenvalue weighted by atomic mass is 9.93.